The first-order valence-electron chi connectivity index (χ1n) is 9.21. The number of benzene rings is 1. The molecule has 0 atom stereocenters. The molecule has 1 aromatic heterocycles. The number of nitriles is 1. The van der Waals surface area contributed by atoms with Gasteiger partial charge in [-0.1, -0.05) is 24.3 Å². The Morgan fingerprint density at radius 1 is 1.12 bits per heavy atom. The molecule has 0 spiro atoms. The molecule has 1 aromatic carbocycles. The van der Waals surface area contributed by atoms with Crippen LogP contribution in [0.4, 0.5) is 5.69 Å². The highest BCUT2D eigenvalue weighted by atomic mass is 16.2. The van der Waals surface area contributed by atoms with E-state index in [2.05, 4.69) is 34.2 Å². The van der Waals surface area contributed by atoms with Gasteiger partial charge in [-0.05, 0) is 36.5 Å². The molecule has 0 aliphatic carbocycles. The summed E-state index contributed by atoms with van der Waals surface area (Å²) >= 11 is 0. The minimum atomic E-state index is 0.0821. The number of carbonyl (C=O) groups excluding carboxylic acids is 1. The number of hydrogen-bond donors (Lipinski definition) is 0. The van der Waals surface area contributed by atoms with Gasteiger partial charge in [-0.25, -0.2) is 0 Å². The molecule has 5 heteroatoms. The number of rotatable bonds is 2. The zero-order valence-corrected chi connectivity index (χ0v) is 14.8. The van der Waals surface area contributed by atoms with Gasteiger partial charge in [0.1, 0.15) is 6.07 Å². The topological polar surface area (TPSA) is 60.2 Å². The Balaban J connectivity index is 1.39. The van der Waals surface area contributed by atoms with Crippen molar-refractivity contribution in [2.75, 3.05) is 24.5 Å². The molecule has 4 rings (SSSR count). The summed E-state index contributed by atoms with van der Waals surface area (Å²) in [5, 5.41) is 9.27. The SMILES string of the molecule is N#Cc1ccncc1N1CCC(C(=O)N2CCc3ccccc3C2)CC1. The Morgan fingerprint density at radius 3 is 2.65 bits per heavy atom. The van der Waals surface area contributed by atoms with Crippen molar-refractivity contribution in [3.05, 3.63) is 59.4 Å². The summed E-state index contributed by atoms with van der Waals surface area (Å²) < 4.78 is 0. The molecule has 1 fully saturated rings. The molecule has 0 saturated carbocycles. The van der Waals surface area contributed by atoms with Gasteiger partial charge in [-0.15, -0.1) is 0 Å². The van der Waals surface area contributed by atoms with Gasteiger partial charge in [0.05, 0.1) is 17.4 Å². The molecule has 1 saturated heterocycles. The van der Waals surface area contributed by atoms with Crippen LogP contribution in [0.3, 0.4) is 0 Å². The molecule has 1 amide bonds. The maximum absolute atomic E-state index is 13.0. The van der Waals surface area contributed by atoms with Gasteiger partial charge in [0.15, 0.2) is 0 Å². The molecule has 2 aliphatic heterocycles. The number of fused-ring (bicyclic) bond motifs is 1. The number of carbonyl (C=O) groups is 1. The highest BCUT2D eigenvalue weighted by molar-refractivity contribution is 5.79. The fraction of sp³-hybridized carbons (Fsp3) is 0.381. The molecular weight excluding hydrogens is 324 g/mol. The Morgan fingerprint density at radius 2 is 1.88 bits per heavy atom. The second kappa shape index (κ2) is 7.17. The van der Waals surface area contributed by atoms with Crippen LogP contribution in [0.5, 0.6) is 0 Å². The summed E-state index contributed by atoms with van der Waals surface area (Å²) in [5.41, 5.74) is 4.18. The van der Waals surface area contributed by atoms with Crippen molar-refractivity contribution in [3.8, 4) is 6.07 Å². The molecule has 3 heterocycles. The first-order chi connectivity index (χ1) is 12.8. The van der Waals surface area contributed by atoms with Crippen molar-refractivity contribution in [2.45, 2.75) is 25.8 Å². The summed E-state index contributed by atoms with van der Waals surface area (Å²) in [7, 11) is 0. The second-order valence-electron chi connectivity index (χ2n) is 7.04. The zero-order valence-electron chi connectivity index (χ0n) is 14.8. The molecule has 26 heavy (non-hydrogen) atoms. The number of nitrogens with zero attached hydrogens (tertiary/aromatic N) is 4. The predicted octanol–water partition coefficient (Wildman–Crippen LogP) is 2.75. The van der Waals surface area contributed by atoms with Crippen LogP contribution in [0, 0.1) is 17.2 Å². The van der Waals surface area contributed by atoms with Crippen LogP contribution in [0.1, 0.15) is 29.5 Å². The lowest BCUT2D eigenvalue weighted by molar-refractivity contribution is -0.137. The summed E-state index contributed by atoms with van der Waals surface area (Å²) in [6.07, 6.45) is 6.00. The van der Waals surface area contributed by atoms with E-state index in [0.29, 0.717) is 5.56 Å². The maximum Gasteiger partial charge on any atom is 0.226 e. The quantitative estimate of drug-likeness (QED) is 0.839. The van der Waals surface area contributed by atoms with Gasteiger partial charge in [-0.3, -0.25) is 9.78 Å². The van der Waals surface area contributed by atoms with Gasteiger partial charge < -0.3 is 9.80 Å². The third-order valence-electron chi connectivity index (χ3n) is 5.55. The fourth-order valence-corrected chi connectivity index (χ4v) is 4.04. The van der Waals surface area contributed by atoms with Gasteiger partial charge in [-0.2, -0.15) is 5.26 Å². The van der Waals surface area contributed by atoms with E-state index >= 15 is 0 Å². The van der Waals surface area contributed by atoms with Crippen molar-refractivity contribution >= 4 is 11.6 Å². The Labute approximate surface area is 153 Å². The molecular formula is C21H22N4O. The first-order valence-corrected chi connectivity index (χ1v) is 9.21. The molecule has 132 valence electrons. The van der Waals surface area contributed by atoms with Crippen LogP contribution < -0.4 is 4.90 Å². The lowest BCUT2D eigenvalue weighted by Crippen LogP contribution is -2.44. The van der Waals surface area contributed by atoms with Gasteiger partial charge in [0, 0.05) is 38.3 Å². The number of hydrogen-bond acceptors (Lipinski definition) is 4. The minimum Gasteiger partial charge on any atom is -0.369 e. The van der Waals surface area contributed by atoms with Crippen molar-refractivity contribution in [1.29, 1.82) is 5.26 Å². The maximum atomic E-state index is 13.0. The third kappa shape index (κ3) is 3.15. The number of anilines is 1. The van der Waals surface area contributed by atoms with Crippen LogP contribution in [0.15, 0.2) is 42.7 Å². The average molecular weight is 346 g/mol. The number of amides is 1. The highest BCUT2D eigenvalue weighted by Gasteiger charge is 2.30. The van der Waals surface area contributed by atoms with Crippen molar-refractivity contribution < 1.29 is 4.79 Å². The molecule has 0 N–H and O–H groups in total. The monoisotopic (exact) mass is 346 g/mol. The van der Waals surface area contributed by atoms with Crippen LogP contribution in [0.2, 0.25) is 0 Å². The van der Waals surface area contributed by atoms with Gasteiger partial charge >= 0.3 is 0 Å². The van der Waals surface area contributed by atoms with Crippen LogP contribution in [-0.2, 0) is 17.8 Å². The molecule has 2 aromatic rings. The molecule has 2 aliphatic rings. The van der Waals surface area contributed by atoms with Gasteiger partial charge in [0.25, 0.3) is 0 Å². The van der Waals surface area contributed by atoms with Crippen LogP contribution in [0.25, 0.3) is 0 Å². The summed E-state index contributed by atoms with van der Waals surface area (Å²) in [5.74, 6) is 0.365. The van der Waals surface area contributed by atoms with E-state index in [4.69, 9.17) is 0 Å². The van der Waals surface area contributed by atoms with E-state index in [1.54, 1.807) is 18.5 Å². The van der Waals surface area contributed by atoms with E-state index in [-0.39, 0.29) is 11.8 Å². The smallest absolute Gasteiger partial charge is 0.226 e. The van der Waals surface area contributed by atoms with Gasteiger partial charge in [0.2, 0.25) is 5.91 Å². The Hall–Kier alpha value is -2.87. The fourth-order valence-electron chi connectivity index (χ4n) is 4.04. The van der Waals surface area contributed by atoms with E-state index in [1.165, 1.54) is 11.1 Å². The standard InChI is InChI=1S/C21H22N4O/c22-13-18-5-9-23-14-20(18)24-10-7-17(8-11-24)21(26)25-12-6-16-3-1-2-4-19(16)15-25/h1-5,9,14,17H,6-8,10-12,15H2. The zero-order chi connectivity index (χ0) is 17.9. The third-order valence-corrected chi connectivity index (χ3v) is 5.55. The summed E-state index contributed by atoms with van der Waals surface area (Å²) in [6.45, 7) is 3.13. The molecule has 0 unspecified atom stereocenters. The van der Waals surface area contributed by atoms with E-state index < -0.39 is 0 Å². The lowest BCUT2D eigenvalue weighted by atomic mass is 9.92. The minimum absolute atomic E-state index is 0.0821. The molecule has 0 radical (unpaired) electrons. The van der Waals surface area contributed by atoms with Crippen LogP contribution >= 0.6 is 0 Å². The molecule has 5 nitrogen and oxygen atoms in total. The van der Waals surface area contributed by atoms with E-state index in [9.17, 15) is 10.1 Å². The summed E-state index contributed by atoms with van der Waals surface area (Å²) in [6, 6.07) is 12.4. The van der Waals surface area contributed by atoms with Crippen molar-refractivity contribution in [1.82, 2.24) is 9.88 Å². The number of pyridine rings is 1. The van der Waals surface area contributed by atoms with Crippen LogP contribution in [-0.4, -0.2) is 35.4 Å². The van der Waals surface area contributed by atoms with Crippen molar-refractivity contribution in [3.63, 3.8) is 0 Å². The lowest BCUT2D eigenvalue weighted by Gasteiger charge is -2.37. The Kier molecular flexibility index (Phi) is 4.57. The number of aromatic nitrogens is 1. The second-order valence-corrected chi connectivity index (χ2v) is 7.04. The summed E-state index contributed by atoms with van der Waals surface area (Å²) in [4.78, 5) is 21.3. The van der Waals surface area contributed by atoms with E-state index in [1.807, 2.05) is 11.0 Å². The number of piperidine rings is 1. The van der Waals surface area contributed by atoms with E-state index in [0.717, 1.165) is 51.1 Å². The Bertz CT molecular complexity index is 849. The van der Waals surface area contributed by atoms with Crippen molar-refractivity contribution in [2.24, 2.45) is 5.92 Å². The normalized spacial score (nSPS) is 17.5. The first kappa shape index (κ1) is 16.6. The largest absolute Gasteiger partial charge is 0.369 e. The average Bonchev–Trinajstić information content (AvgIpc) is 2.73. The molecule has 0 bridgehead atoms. The highest BCUT2D eigenvalue weighted by Crippen LogP contribution is 2.28. The predicted molar refractivity (Wildman–Crippen MR) is 99.5 cm³/mol.